The van der Waals surface area contributed by atoms with Crippen molar-refractivity contribution in [2.24, 2.45) is 10.2 Å². The molecule has 0 radical (unpaired) electrons. The monoisotopic (exact) mass is 411 g/mol. The van der Waals surface area contributed by atoms with E-state index in [9.17, 15) is 15.2 Å². The molecule has 6 heteroatoms. The van der Waals surface area contributed by atoms with Gasteiger partial charge in [0.15, 0.2) is 5.69 Å². The summed E-state index contributed by atoms with van der Waals surface area (Å²) in [7, 11) is 0. The summed E-state index contributed by atoms with van der Waals surface area (Å²) in [5.74, 6) is 0.233. The normalized spacial score (nSPS) is 13.6. The second-order valence-electron chi connectivity index (χ2n) is 9.90. The van der Waals surface area contributed by atoms with E-state index in [-0.39, 0.29) is 33.9 Å². The number of azo groups is 1. The number of nitro groups is 1. The van der Waals surface area contributed by atoms with Crippen molar-refractivity contribution in [1.29, 1.82) is 0 Å². The second-order valence-corrected chi connectivity index (χ2v) is 9.90. The number of nitrogens with zero attached hydrogens (tertiary/aromatic N) is 3. The summed E-state index contributed by atoms with van der Waals surface area (Å²) in [5, 5.41) is 30.8. The Hall–Kier alpha value is -2.76. The number of nitro benzene ring substituents is 1. The quantitative estimate of drug-likeness (QED) is 0.309. The van der Waals surface area contributed by atoms with E-state index in [0.29, 0.717) is 5.69 Å². The molecule has 30 heavy (non-hydrogen) atoms. The third kappa shape index (κ3) is 5.23. The molecule has 0 saturated heterocycles. The van der Waals surface area contributed by atoms with E-state index < -0.39 is 4.92 Å². The van der Waals surface area contributed by atoms with Gasteiger partial charge in [0.25, 0.3) is 5.69 Å². The van der Waals surface area contributed by atoms with Crippen molar-refractivity contribution in [3.63, 3.8) is 0 Å². The van der Waals surface area contributed by atoms with Gasteiger partial charge in [-0.3, -0.25) is 10.1 Å². The van der Waals surface area contributed by atoms with Gasteiger partial charge in [0, 0.05) is 6.07 Å². The predicted octanol–water partition coefficient (Wildman–Crippen LogP) is 7.82. The van der Waals surface area contributed by atoms with Crippen molar-refractivity contribution in [2.75, 3.05) is 0 Å². The number of rotatable bonds is 5. The van der Waals surface area contributed by atoms with E-state index in [2.05, 4.69) is 44.8 Å². The molecule has 1 unspecified atom stereocenters. The van der Waals surface area contributed by atoms with E-state index in [0.717, 1.165) is 23.1 Å². The molecular formula is C24H33N3O3. The van der Waals surface area contributed by atoms with E-state index in [1.165, 1.54) is 0 Å². The standard InChI is InChI=1S/C24H33N3O3/c1-9-15(2)18-12-17(24(6,7)8)13-20(22(18)28)26-25-19-11-10-16(23(3,4)5)14-21(19)27(29)30/h10-15,28H,9H2,1-8H3. The highest BCUT2D eigenvalue weighted by molar-refractivity contribution is 5.62. The Morgan fingerprint density at radius 1 is 0.967 bits per heavy atom. The number of hydrogen-bond donors (Lipinski definition) is 1. The molecule has 2 aromatic carbocycles. The van der Waals surface area contributed by atoms with E-state index in [4.69, 9.17) is 0 Å². The minimum atomic E-state index is -0.445. The number of phenolic OH excluding ortho intramolecular Hbond substituents is 1. The maximum Gasteiger partial charge on any atom is 0.297 e. The molecule has 1 atom stereocenters. The molecule has 6 nitrogen and oxygen atoms in total. The zero-order valence-corrected chi connectivity index (χ0v) is 19.3. The summed E-state index contributed by atoms with van der Waals surface area (Å²) >= 11 is 0. The second kappa shape index (κ2) is 8.54. The SMILES string of the molecule is CCC(C)c1cc(C(C)(C)C)cc(N=Nc2ccc(C(C)(C)C)cc2[N+](=O)[O-])c1O. The first-order chi connectivity index (χ1) is 13.8. The van der Waals surface area contributed by atoms with Crippen molar-refractivity contribution in [3.05, 3.63) is 57.1 Å². The molecule has 0 aliphatic heterocycles. The van der Waals surface area contributed by atoms with Gasteiger partial charge in [0.1, 0.15) is 11.4 Å². The van der Waals surface area contributed by atoms with Crippen molar-refractivity contribution in [2.45, 2.75) is 78.6 Å². The van der Waals surface area contributed by atoms with Crippen LogP contribution in [0.5, 0.6) is 5.75 Å². The van der Waals surface area contributed by atoms with Gasteiger partial charge < -0.3 is 5.11 Å². The first kappa shape index (κ1) is 23.5. The fourth-order valence-electron chi connectivity index (χ4n) is 3.07. The Bertz CT molecular complexity index is 967. The zero-order chi connectivity index (χ0) is 22.9. The van der Waals surface area contributed by atoms with Crippen LogP contribution in [0.15, 0.2) is 40.6 Å². The van der Waals surface area contributed by atoms with E-state index in [1.807, 2.05) is 32.9 Å². The largest absolute Gasteiger partial charge is 0.505 e. The van der Waals surface area contributed by atoms with Crippen LogP contribution in [0.1, 0.15) is 84.4 Å². The summed E-state index contributed by atoms with van der Waals surface area (Å²) < 4.78 is 0. The molecule has 0 fully saturated rings. The van der Waals surface area contributed by atoms with Crippen molar-refractivity contribution < 1.29 is 10.0 Å². The fourth-order valence-corrected chi connectivity index (χ4v) is 3.07. The molecule has 2 rings (SSSR count). The van der Waals surface area contributed by atoms with Crippen LogP contribution in [0.2, 0.25) is 0 Å². The fraction of sp³-hybridized carbons (Fsp3) is 0.500. The van der Waals surface area contributed by atoms with Crippen molar-refractivity contribution >= 4 is 17.1 Å². The average Bonchev–Trinajstić information content (AvgIpc) is 2.64. The Balaban J connectivity index is 2.60. The highest BCUT2D eigenvalue weighted by atomic mass is 16.6. The molecule has 0 aromatic heterocycles. The Kier molecular flexibility index (Phi) is 6.70. The summed E-state index contributed by atoms with van der Waals surface area (Å²) in [6.45, 7) is 16.4. The van der Waals surface area contributed by atoms with Crippen LogP contribution in [0.25, 0.3) is 0 Å². The lowest BCUT2D eigenvalue weighted by molar-refractivity contribution is -0.384. The first-order valence-electron chi connectivity index (χ1n) is 10.3. The molecule has 2 aromatic rings. The van der Waals surface area contributed by atoms with Crippen molar-refractivity contribution in [3.8, 4) is 5.75 Å². The Morgan fingerprint density at radius 2 is 1.53 bits per heavy atom. The summed E-state index contributed by atoms with van der Waals surface area (Å²) in [6.07, 6.45) is 0.872. The number of hydrogen-bond acceptors (Lipinski definition) is 5. The molecule has 0 bridgehead atoms. The molecule has 0 aliphatic rings. The minimum absolute atomic E-state index is 0.0788. The molecule has 1 N–H and O–H groups in total. The minimum Gasteiger partial charge on any atom is -0.505 e. The molecule has 0 aliphatic carbocycles. The smallest absolute Gasteiger partial charge is 0.297 e. The average molecular weight is 412 g/mol. The lowest BCUT2D eigenvalue weighted by atomic mass is 9.83. The maximum absolute atomic E-state index is 11.6. The Labute approximate surface area is 179 Å². The van der Waals surface area contributed by atoms with Crippen LogP contribution in [-0.2, 0) is 10.8 Å². The number of phenols is 1. The van der Waals surface area contributed by atoms with Gasteiger partial charge in [-0.1, -0.05) is 67.5 Å². The molecule has 0 heterocycles. The van der Waals surface area contributed by atoms with Crippen LogP contribution in [-0.4, -0.2) is 10.0 Å². The summed E-state index contributed by atoms with van der Waals surface area (Å²) in [4.78, 5) is 11.2. The van der Waals surface area contributed by atoms with Gasteiger partial charge in [-0.05, 0) is 52.0 Å². The molecule has 0 amide bonds. The predicted molar refractivity (Wildman–Crippen MR) is 121 cm³/mol. The van der Waals surface area contributed by atoms with Gasteiger partial charge in [-0.2, -0.15) is 0 Å². The lowest BCUT2D eigenvalue weighted by Crippen LogP contribution is -2.12. The molecular weight excluding hydrogens is 378 g/mol. The van der Waals surface area contributed by atoms with Crippen LogP contribution >= 0.6 is 0 Å². The van der Waals surface area contributed by atoms with Crippen LogP contribution in [0.4, 0.5) is 17.1 Å². The number of aromatic hydroxyl groups is 1. The van der Waals surface area contributed by atoms with Gasteiger partial charge in [-0.25, -0.2) is 0 Å². The highest BCUT2D eigenvalue weighted by Gasteiger charge is 2.23. The van der Waals surface area contributed by atoms with E-state index in [1.54, 1.807) is 18.2 Å². The van der Waals surface area contributed by atoms with Gasteiger partial charge in [0.2, 0.25) is 0 Å². The zero-order valence-electron chi connectivity index (χ0n) is 19.3. The summed E-state index contributed by atoms with van der Waals surface area (Å²) in [6, 6.07) is 8.81. The van der Waals surface area contributed by atoms with Gasteiger partial charge in [0.05, 0.1) is 4.92 Å². The molecule has 162 valence electrons. The van der Waals surface area contributed by atoms with Gasteiger partial charge in [-0.15, -0.1) is 10.2 Å². The molecule has 0 saturated carbocycles. The Morgan fingerprint density at radius 3 is 2.03 bits per heavy atom. The van der Waals surface area contributed by atoms with Crippen molar-refractivity contribution in [1.82, 2.24) is 0 Å². The van der Waals surface area contributed by atoms with Crippen LogP contribution < -0.4 is 0 Å². The maximum atomic E-state index is 11.6. The van der Waals surface area contributed by atoms with E-state index >= 15 is 0 Å². The molecule has 0 spiro atoms. The van der Waals surface area contributed by atoms with Crippen LogP contribution in [0.3, 0.4) is 0 Å². The number of benzene rings is 2. The lowest BCUT2D eigenvalue weighted by Gasteiger charge is -2.23. The highest BCUT2D eigenvalue weighted by Crippen LogP contribution is 2.42. The third-order valence-corrected chi connectivity index (χ3v) is 5.43. The van der Waals surface area contributed by atoms with Gasteiger partial charge >= 0.3 is 0 Å². The third-order valence-electron chi connectivity index (χ3n) is 5.43. The first-order valence-corrected chi connectivity index (χ1v) is 10.3. The topological polar surface area (TPSA) is 88.1 Å². The van der Waals surface area contributed by atoms with Crippen LogP contribution in [0, 0.1) is 10.1 Å². The summed E-state index contributed by atoms with van der Waals surface area (Å²) in [5.41, 5.74) is 2.74.